The van der Waals surface area contributed by atoms with E-state index in [1.54, 1.807) is 0 Å². The van der Waals surface area contributed by atoms with Crippen LogP contribution in [-0.2, 0) is 9.53 Å². The predicted octanol–water partition coefficient (Wildman–Crippen LogP) is 4.93. The van der Waals surface area contributed by atoms with Crippen LogP contribution < -0.4 is 0 Å². The molecule has 0 heterocycles. The molecule has 0 bridgehead atoms. The number of hydrogen-bond acceptors (Lipinski definition) is 5. The highest BCUT2D eigenvalue weighted by atomic mass is 16.7. The Hall–Kier alpha value is -2.83. The van der Waals surface area contributed by atoms with Gasteiger partial charge in [0.1, 0.15) is 0 Å². The fourth-order valence-corrected chi connectivity index (χ4v) is 5.90. The van der Waals surface area contributed by atoms with Gasteiger partial charge in [0.15, 0.2) is 5.78 Å². The van der Waals surface area contributed by atoms with Crippen LogP contribution in [0.5, 0.6) is 0 Å². The normalized spacial score (nSPS) is 28.6. The summed E-state index contributed by atoms with van der Waals surface area (Å²) in [6.07, 6.45) is 27.1. The Kier molecular flexibility index (Phi) is 7.59. The van der Waals surface area contributed by atoms with Crippen molar-refractivity contribution in [3.8, 4) is 0 Å². The van der Waals surface area contributed by atoms with Gasteiger partial charge in [0.25, 0.3) is 5.97 Å². The zero-order valence-corrected chi connectivity index (χ0v) is 21.2. The van der Waals surface area contributed by atoms with Gasteiger partial charge in [-0.3, -0.25) is 4.79 Å². The lowest BCUT2D eigenvalue weighted by atomic mass is 9.81. The van der Waals surface area contributed by atoms with E-state index in [0.717, 1.165) is 41.6 Å². The Morgan fingerprint density at radius 2 is 1.73 bits per heavy atom. The summed E-state index contributed by atoms with van der Waals surface area (Å²) >= 11 is 0. The Bertz CT molecular complexity index is 1190. The number of Topliss-reactive ketones (excluding diaryl/α,β-unsaturated/α-hetero) is 1. The lowest BCUT2D eigenvalue weighted by Gasteiger charge is -2.33. The number of ether oxygens (including phenoxy) is 1. The lowest BCUT2D eigenvalue weighted by Crippen LogP contribution is -2.39. The molecule has 2 unspecified atom stereocenters. The number of ketones is 1. The maximum Gasteiger partial charge on any atom is 0.278 e. The molecule has 0 aromatic heterocycles. The van der Waals surface area contributed by atoms with E-state index in [1.165, 1.54) is 11.1 Å². The summed E-state index contributed by atoms with van der Waals surface area (Å²) < 4.78 is 5.98. The van der Waals surface area contributed by atoms with Crippen molar-refractivity contribution in [2.75, 3.05) is 13.2 Å². The van der Waals surface area contributed by atoms with E-state index in [0.29, 0.717) is 38.4 Å². The van der Waals surface area contributed by atoms with Crippen molar-refractivity contribution < 1.29 is 24.9 Å². The minimum atomic E-state index is -2.57. The standard InChI is InChI=1S/C32H36O5/c1-21-14-28(18-26-4-2-3-5-30(21)26)31(33)13-9-23-15-25-10-6-24(17-27(25)16-23)20-37-19-22-7-11-29(12-8-22)32(34,35)36/h2-6,10,14-18,22,27,29-30,34-36H,1,7-9,11-13,19-20H2. The van der Waals surface area contributed by atoms with Crippen LogP contribution in [0.2, 0.25) is 0 Å². The van der Waals surface area contributed by atoms with E-state index in [4.69, 9.17) is 4.74 Å². The average molecular weight is 501 g/mol. The third-order valence-corrected chi connectivity index (χ3v) is 8.12. The van der Waals surface area contributed by atoms with Gasteiger partial charge in [-0.1, -0.05) is 66.8 Å². The Balaban J connectivity index is 1.08. The second-order valence-corrected chi connectivity index (χ2v) is 10.9. The highest BCUT2D eigenvalue weighted by molar-refractivity contribution is 5.99. The molecule has 0 aromatic rings. The summed E-state index contributed by atoms with van der Waals surface area (Å²) in [6.45, 7) is 5.34. The molecule has 37 heavy (non-hydrogen) atoms. The van der Waals surface area contributed by atoms with Crippen LogP contribution in [0.4, 0.5) is 0 Å². The zero-order chi connectivity index (χ0) is 26.0. The molecule has 0 spiro atoms. The maximum absolute atomic E-state index is 12.9. The van der Waals surface area contributed by atoms with Crippen LogP contribution in [0.1, 0.15) is 38.5 Å². The van der Waals surface area contributed by atoms with Crippen LogP contribution in [0.15, 0.2) is 107 Å². The van der Waals surface area contributed by atoms with E-state index < -0.39 is 11.9 Å². The molecule has 1 fully saturated rings. The van der Waals surface area contributed by atoms with Gasteiger partial charge in [-0.25, -0.2) is 0 Å². The van der Waals surface area contributed by atoms with Crippen molar-refractivity contribution in [1.82, 2.24) is 0 Å². The van der Waals surface area contributed by atoms with Crippen molar-refractivity contribution in [3.05, 3.63) is 107 Å². The first-order valence-corrected chi connectivity index (χ1v) is 13.3. The van der Waals surface area contributed by atoms with E-state index in [2.05, 4.69) is 49.1 Å². The van der Waals surface area contributed by atoms with E-state index >= 15 is 0 Å². The molecule has 5 aliphatic rings. The molecule has 5 nitrogen and oxygen atoms in total. The predicted molar refractivity (Wildman–Crippen MR) is 144 cm³/mol. The van der Waals surface area contributed by atoms with Crippen LogP contribution in [0.25, 0.3) is 0 Å². The molecular weight excluding hydrogens is 464 g/mol. The van der Waals surface area contributed by atoms with Gasteiger partial charge in [0.2, 0.25) is 0 Å². The highest BCUT2D eigenvalue weighted by Gasteiger charge is 2.35. The second-order valence-electron chi connectivity index (χ2n) is 10.9. The smallest absolute Gasteiger partial charge is 0.278 e. The van der Waals surface area contributed by atoms with Gasteiger partial charge < -0.3 is 20.1 Å². The molecule has 5 rings (SSSR count). The van der Waals surface area contributed by atoms with Gasteiger partial charge in [-0.15, -0.1) is 0 Å². The van der Waals surface area contributed by atoms with Crippen LogP contribution in [-0.4, -0.2) is 40.3 Å². The molecule has 0 amide bonds. The molecule has 1 saturated carbocycles. The van der Waals surface area contributed by atoms with E-state index in [-0.39, 0.29) is 17.6 Å². The Morgan fingerprint density at radius 3 is 2.51 bits per heavy atom. The maximum atomic E-state index is 12.9. The molecule has 0 radical (unpaired) electrons. The number of carbonyl (C=O) groups excluding carboxylic acids is 1. The first-order valence-electron chi connectivity index (χ1n) is 13.3. The quantitative estimate of drug-likeness (QED) is 0.391. The van der Waals surface area contributed by atoms with Gasteiger partial charge in [0.05, 0.1) is 6.61 Å². The summed E-state index contributed by atoms with van der Waals surface area (Å²) in [5.41, 5.74) is 6.44. The third-order valence-electron chi connectivity index (χ3n) is 8.12. The van der Waals surface area contributed by atoms with Crippen molar-refractivity contribution in [2.45, 2.75) is 44.5 Å². The summed E-state index contributed by atoms with van der Waals surface area (Å²) in [5.74, 6) is -2.10. The SMILES string of the molecule is C=C1C=C(C(=O)CCC2=CC3C=C(COCC4CCC(C(O)(O)O)CC4)C=CC3=C2)C=C2C=CC=CC12. The lowest BCUT2D eigenvalue weighted by molar-refractivity contribution is -0.346. The molecule has 0 saturated heterocycles. The molecule has 194 valence electrons. The van der Waals surface area contributed by atoms with E-state index in [1.807, 2.05) is 24.3 Å². The fraction of sp³-hybridized carbons (Fsp3) is 0.406. The monoisotopic (exact) mass is 500 g/mol. The average Bonchev–Trinajstić information content (AvgIpc) is 3.29. The number of allylic oxidation sites excluding steroid dienone is 15. The fourth-order valence-electron chi connectivity index (χ4n) is 5.90. The summed E-state index contributed by atoms with van der Waals surface area (Å²) in [6, 6.07) is 0. The van der Waals surface area contributed by atoms with Crippen LogP contribution in [0, 0.1) is 23.7 Å². The summed E-state index contributed by atoms with van der Waals surface area (Å²) in [4.78, 5) is 12.9. The molecular formula is C32H36O5. The minimum Gasteiger partial charge on any atom is -0.376 e. The molecule has 0 aromatic carbocycles. The Labute approximate surface area is 218 Å². The molecule has 3 N–H and O–H groups in total. The van der Waals surface area contributed by atoms with Gasteiger partial charge in [-0.05, 0) is 72.5 Å². The van der Waals surface area contributed by atoms with Gasteiger partial charge >= 0.3 is 0 Å². The highest BCUT2D eigenvalue weighted by Crippen LogP contribution is 2.36. The number of carbonyl (C=O) groups is 1. The van der Waals surface area contributed by atoms with Crippen LogP contribution in [0.3, 0.4) is 0 Å². The molecule has 0 aliphatic heterocycles. The number of hydrogen-bond donors (Lipinski definition) is 3. The van der Waals surface area contributed by atoms with Gasteiger partial charge in [-0.2, -0.15) is 0 Å². The number of aliphatic hydroxyl groups is 3. The topological polar surface area (TPSA) is 87.0 Å². The largest absolute Gasteiger partial charge is 0.376 e. The minimum absolute atomic E-state index is 0.154. The van der Waals surface area contributed by atoms with Crippen molar-refractivity contribution in [1.29, 1.82) is 0 Å². The first-order chi connectivity index (χ1) is 17.8. The van der Waals surface area contributed by atoms with Gasteiger partial charge in [0, 0.05) is 36.4 Å². The third kappa shape index (κ3) is 6.19. The van der Waals surface area contributed by atoms with E-state index in [9.17, 15) is 20.1 Å². The van der Waals surface area contributed by atoms with Crippen molar-refractivity contribution in [3.63, 3.8) is 0 Å². The first kappa shape index (κ1) is 25.8. The summed E-state index contributed by atoms with van der Waals surface area (Å²) in [7, 11) is 0. The summed E-state index contributed by atoms with van der Waals surface area (Å²) in [5, 5.41) is 28.1. The number of rotatable bonds is 9. The van der Waals surface area contributed by atoms with Crippen molar-refractivity contribution in [2.24, 2.45) is 23.7 Å². The number of fused-ring (bicyclic) bond motifs is 2. The second kappa shape index (κ2) is 10.9. The molecule has 5 heteroatoms. The Morgan fingerprint density at radius 1 is 0.946 bits per heavy atom. The van der Waals surface area contributed by atoms with Crippen LogP contribution >= 0.6 is 0 Å². The van der Waals surface area contributed by atoms with Crippen molar-refractivity contribution >= 4 is 5.78 Å². The molecule has 2 atom stereocenters. The molecule has 5 aliphatic carbocycles. The zero-order valence-electron chi connectivity index (χ0n) is 21.2.